The molecule has 2 saturated carbocycles. The lowest BCUT2D eigenvalue weighted by molar-refractivity contribution is 0.133. The highest BCUT2D eigenvalue weighted by atomic mass is 14.4. The van der Waals surface area contributed by atoms with Gasteiger partial charge in [-0.15, -0.1) is 0 Å². The smallest absolute Gasteiger partial charge is 0.0159 e. The fourth-order valence-corrected chi connectivity index (χ4v) is 4.92. The van der Waals surface area contributed by atoms with E-state index in [1.165, 1.54) is 56.9 Å². The van der Waals surface area contributed by atoms with E-state index in [1.807, 2.05) is 0 Å². The van der Waals surface area contributed by atoms with Gasteiger partial charge in [0, 0.05) is 0 Å². The zero-order valence-corrected chi connectivity index (χ0v) is 14.4. The van der Waals surface area contributed by atoms with Crippen LogP contribution in [0.1, 0.15) is 75.8 Å². The Hall–Kier alpha value is -1.04. The summed E-state index contributed by atoms with van der Waals surface area (Å²) in [4.78, 5) is 0. The first-order valence-corrected chi connectivity index (χ1v) is 9.51. The fraction of sp³-hybridized carbons (Fsp3) is 0.636. The number of aryl methyl sites for hydroxylation is 1. The van der Waals surface area contributed by atoms with E-state index in [9.17, 15) is 0 Å². The van der Waals surface area contributed by atoms with Crippen LogP contribution < -0.4 is 0 Å². The van der Waals surface area contributed by atoms with Crippen molar-refractivity contribution in [1.29, 1.82) is 0 Å². The van der Waals surface area contributed by atoms with Crippen LogP contribution in [-0.2, 0) is 6.42 Å². The van der Waals surface area contributed by atoms with Gasteiger partial charge in [-0.05, 0) is 86.7 Å². The maximum absolute atomic E-state index is 2.45. The van der Waals surface area contributed by atoms with Crippen molar-refractivity contribution in [3.05, 3.63) is 47.5 Å². The van der Waals surface area contributed by atoms with Crippen molar-refractivity contribution in [3.8, 4) is 0 Å². The second-order valence-corrected chi connectivity index (χ2v) is 7.62. The van der Waals surface area contributed by atoms with Gasteiger partial charge in [0.05, 0.1) is 0 Å². The normalized spacial score (nSPS) is 32.1. The van der Waals surface area contributed by atoms with Crippen LogP contribution in [0.4, 0.5) is 0 Å². The van der Waals surface area contributed by atoms with Crippen LogP contribution in [0.25, 0.3) is 0 Å². The molecule has 0 heterocycles. The summed E-state index contributed by atoms with van der Waals surface area (Å²) in [5.74, 6) is 3.70. The standard InChI is InChI=1S/C22H32/c1-3-5-17-7-10-19(11-8-17)21-14-13-20-15-18(6-4-2)9-12-22(20)16-21/h4,6-8,10-11,18,20-22H,3,5,9,12-16H2,1-2H3. The molecule has 1 aromatic rings. The predicted molar refractivity (Wildman–Crippen MR) is 96.2 cm³/mol. The summed E-state index contributed by atoms with van der Waals surface area (Å²) in [6.45, 7) is 4.43. The van der Waals surface area contributed by atoms with Gasteiger partial charge in [0.25, 0.3) is 0 Å². The number of benzene rings is 1. The minimum atomic E-state index is 0.829. The molecule has 0 N–H and O–H groups in total. The van der Waals surface area contributed by atoms with Crippen LogP contribution in [0, 0.1) is 17.8 Å². The van der Waals surface area contributed by atoms with Crippen LogP contribution in [0.2, 0.25) is 0 Å². The van der Waals surface area contributed by atoms with Crippen molar-refractivity contribution in [3.63, 3.8) is 0 Å². The molecule has 4 atom stereocenters. The van der Waals surface area contributed by atoms with Gasteiger partial charge in [0.1, 0.15) is 0 Å². The first-order chi connectivity index (χ1) is 10.8. The van der Waals surface area contributed by atoms with Gasteiger partial charge in [0.15, 0.2) is 0 Å². The lowest BCUT2D eigenvalue weighted by atomic mass is 9.64. The highest BCUT2D eigenvalue weighted by Gasteiger charge is 2.35. The molecule has 120 valence electrons. The molecule has 0 radical (unpaired) electrons. The minimum Gasteiger partial charge on any atom is -0.0914 e. The van der Waals surface area contributed by atoms with E-state index in [0.29, 0.717) is 0 Å². The fourth-order valence-electron chi connectivity index (χ4n) is 4.92. The monoisotopic (exact) mass is 296 g/mol. The van der Waals surface area contributed by atoms with E-state index in [-0.39, 0.29) is 0 Å². The van der Waals surface area contributed by atoms with Crippen LogP contribution in [0.5, 0.6) is 0 Å². The first kappa shape index (κ1) is 15.8. The molecule has 0 saturated heterocycles. The Morgan fingerprint density at radius 2 is 1.68 bits per heavy atom. The van der Waals surface area contributed by atoms with Crippen LogP contribution in [0.3, 0.4) is 0 Å². The third-order valence-corrected chi connectivity index (χ3v) is 6.11. The van der Waals surface area contributed by atoms with Crippen LogP contribution in [0.15, 0.2) is 36.4 Å². The van der Waals surface area contributed by atoms with Gasteiger partial charge < -0.3 is 0 Å². The molecule has 0 aromatic heterocycles. The summed E-state index contributed by atoms with van der Waals surface area (Å²) in [6, 6.07) is 9.57. The number of allylic oxidation sites excluding steroid dienone is 2. The Morgan fingerprint density at radius 3 is 2.41 bits per heavy atom. The topological polar surface area (TPSA) is 0 Å². The zero-order chi connectivity index (χ0) is 15.4. The van der Waals surface area contributed by atoms with Crippen LogP contribution in [-0.4, -0.2) is 0 Å². The molecule has 3 rings (SSSR count). The number of rotatable bonds is 4. The molecule has 22 heavy (non-hydrogen) atoms. The lowest BCUT2D eigenvalue weighted by Gasteiger charge is -2.41. The highest BCUT2D eigenvalue weighted by Crippen LogP contribution is 2.47. The van der Waals surface area contributed by atoms with Gasteiger partial charge in [-0.3, -0.25) is 0 Å². The summed E-state index contributed by atoms with van der Waals surface area (Å²) < 4.78 is 0. The minimum absolute atomic E-state index is 0.829. The van der Waals surface area contributed by atoms with E-state index in [2.05, 4.69) is 50.3 Å². The Kier molecular flexibility index (Phi) is 5.39. The molecule has 0 amide bonds. The van der Waals surface area contributed by atoms with Gasteiger partial charge >= 0.3 is 0 Å². The van der Waals surface area contributed by atoms with Crippen molar-refractivity contribution in [2.45, 2.75) is 71.1 Å². The Bertz CT molecular complexity index is 481. The molecule has 4 unspecified atom stereocenters. The van der Waals surface area contributed by atoms with Gasteiger partial charge in [-0.25, -0.2) is 0 Å². The number of hydrogen-bond donors (Lipinski definition) is 0. The second kappa shape index (κ2) is 7.49. The van der Waals surface area contributed by atoms with Crippen molar-refractivity contribution in [2.24, 2.45) is 17.8 Å². The number of hydrogen-bond acceptors (Lipinski definition) is 0. The van der Waals surface area contributed by atoms with Crippen molar-refractivity contribution < 1.29 is 0 Å². The zero-order valence-electron chi connectivity index (χ0n) is 14.4. The van der Waals surface area contributed by atoms with Gasteiger partial charge in [-0.1, -0.05) is 49.8 Å². The summed E-state index contributed by atoms with van der Waals surface area (Å²) in [7, 11) is 0. The molecular formula is C22H32. The molecule has 2 aliphatic carbocycles. The SMILES string of the molecule is CC=CC1CCC2CC(c3ccc(CCC)cc3)CCC2C1. The Morgan fingerprint density at radius 1 is 0.955 bits per heavy atom. The quantitative estimate of drug-likeness (QED) is 0.555. The van der Waals surface area contributed by atoms with E-state index < -0.39 is 0 Å². The van der Waals surface area contributed by atoms with E-state index in [1.54, 1.807) is 5.56 Å². The molecular weight excluding hydrogens is 264 g/mol. The molecule has 2 aliphatic rings. The van der Waals surface area contributed by atoms with Crippen molar-refractivity contribution >= 4 is 0 Å². The molecule has 0 heteroatoms. The Labute approximate surface area is 137 Å². The van der Waals surface area contributed by atoms with E-state index in [0.717, 1.165) is 23.7 Å². The lowest BCUT2D eigenvalue weighted by Crippen LogP contribution is -2.30. The molecule has 0 nitrogen and oxygen atoms in total. The molecule has 0 spiro atoms. The average molecular weight is 296 g/mol. The first-order valence-electron chi connectivity index (χ1n) is 9.51. The summed E-state index contributed by atoms with van der Waals surface area (Å²) in [5, 5.41) is 0. The summed E-state index contributed by atoms with van der Waals surface area (Å²) in [5.41, 5.74) is 3.11. The largest absolute Gasteiger partial charge is 0.0914 e. The Balaban J connectivity index is 1.60. The predicted octanol–water partition coefficient (Wildman–Crippen LogP) is 6.52. The van der Waals surface area contributed by atoms with Crippen molar-refractivity contribution in [1.82, 2.24) is 0 Å². The third kappa shape index (κ3) is 3.65. The maximum Gasteiger partial charge on any atom is -0.0159 e. The average Bonchev–Trinajstić information content (AvgIpc) is 2.56. The molecule has 2 fully saturated rings. The van der Waals surface area contributed by atoms with E-state index in [4.69, 9.17) is 0 Å². The summed E-state index contributed by atoms with van der Waals surface area (Å²) >= 11 is 0. The number of fused-ring (bicyclic) bond motifs is 1. The highest BCUT2D eigenvalue weighted by molar-refractivity contribution is 5.26. The second-order valence-electron chi connectivity index (χ2n) is 7.62. The van der Waals surface area contributed by atoms with Crippen molar-refractivity contribution in [2.75, 3.05) is 0 Å². The van der Waals surface area contributed by atoms with Gasteiger partial charge in [0.2, 0.25) is 0 Å². The molecule has 1 aromatic carbocycles. The third-order valence-electron chi connectivity index (χ3n) is 6.11. The molecule has 0 aliphatic heterocycles. The van der Waals surface area contributed by atoms with Crippen LogP contribution >= 0.6 is 0 Å². The summed E-state index contributed by atoms with van der Waals surface area (Å²) in [6.07, 6.45) is 15.8. The maximum atomic E-state index is 2.45. The van der Waals surface area contributed by atoms with Gasteiger partial charge in [-0.2, -0.15) is 0 Å². The molecule has 0 bridgehead atoms. The van der Waals surface area contributed by atoms with E-state index >= 15 is 0 Å².